The van der Waals surface area contributed by atoms with Crippen molar-refractivity contribution in [2.24, 2.45) is 0 Å². The first kappa shape index (κ1) is 17.1. The maximum atomic E-state index is 4.91. The number of hydrogen-bond acceptors (Lipinski definition) is 3. The molecule has 3 aromatic carbocycles. The van der Waals surface area contributed by atoms with Crippen molar-refractivity contribution in [1.82, 2.24) is 10.3 Å². The number of hydrogen-bond donors (Lipinski definition) is 0. The van der Waals surface area contributed by atoms with Gasteiger partial charge in [0.15, 0.2) is 0 Å². The first-order valence-corrected chi connectivity index (χ1v) is 12.8. The molecular formula is C21H18BrN2OP. The first-order valence-electron chi connectivity index (χ1n) is 8.38. The van der Waals surface area contributed by atoms with E-state index in [-0.39, 0.29) is 0 Å². The standard InChI is InChI=1S/C21H18BrN2OP/c22-26(17-18-16-23-25-24-18,19-10-4-1-5-11-19,20-12-6-2-7-13-20)21-14-8-3-9-15-21/h1-16H,17H2. The number of rotatable bonds is 5. The van der Waals surface area contributed by atoms with Gasteiger partial charge in [-0.25, -0.2) is 0 Å². The maximum absolute atomic E-state index is 4.91. The Morgan fingerprint density at radius 2 is 1.12 bits per heavy atom. The fraction of sp³-hybridized carbons (Fsp3) is 0.0476. The molecule has 5 heteroatoms. The second-order valence-electron chi connectivity index (χ2n) is 6.25. The summed E-state index contributed by atoms with van der Waals surface area (Å²) in [7, 11) is 0. The Morgan fingerprint density at radius 3 is 1.46 bits per heavy atom. The van der Waals surface area contributed by atoms with Crippen molar-refractivity contribution in [3.63, 3.8) is 0 Å². The van der Waals surface area contributed by atoms with E-state index in [1.54, 1.807) is 6.20 Å². The van der Waals surface area contributed by atoms with Crippen LogP contribution in [0.15, 0.2) is 102 Å². The van der Waals surface area contributed by atoms with E-state index in [9.17, 15) is 0 Å². The third-order valence-corrected chi connectivity index (χ3v) is 14.2. The molecule has 0 atom stereocenters. The molecular weight excluding hydrogens is 407 g/mol. The van der Waals surface area contributed by atoms with E-state index in [0.717, 1.165) is 5.69 Å². The quantitative estimate of drug-likeness (QED) is 0.445. The molecule has 0 spiro atoms. The van der Waals surface area contributed by atoms with E-state index < -0.39 is 5.31 Å². The van der Waals surface area contributed by atoms with Gasteiger partial charge < -0.3 is 0 Å². The van der Waals surface area contributed by atoms with Crippen molar-refractivity contribution < 1.29 is 4.63 Å². The molecule has 0 aliphatic rings. The zero-order valence-electron chi connectivity index (χ0n) is 14.1. The average molecular weight is 425 g/mol. The Kier molecular flexibility index (Phi) is 4.47. The van der Waals surface area contributed by atoms with Gasteiger partial charge in [-0.05, 0) is 0 Å². The molecule has 0 bridgehead atoms. The van der Waals surface area contributed by atoms with Crippen LogP contribution in [0.5, 0.6) is 0 Å². The summed E-state index contributed by atoms with van der Waals surface area (Å²) in [6, 6.07) is 31.8. The third kappa shape index (κ3) is 2.70. The molecule has 0 saturated heterocycles. The number of halogens is 1. The zero-order valence-corrected chi connectivity index (χ0v) is 16.6. The predicted molar refractivity (Wildman–Crippen MR) is 112 cm³/mol. The number of benzene rings is 3. The minimum absolute atomic E-state index is 0.688. The average Bonchev–Trinajstić information content (AvgIpc) is 3.23. The first-order chi connectivity index (χ1) is 12.7. The molecule has 0 fully saturated rings. The summed E-state index contributed by atoms with van der Waals surface area (Å²) in [4.78, 5) is 0. The van der Waals surface area contributed by atoms with Gasteiger partial charge in [0.05, 0.1) is 0 Å². The van der Waals surface area contributed by atoms with E-state index in [1.165, 1.54) is 15.9 Å². The molecule has 0 aliphatic carbocycles. The molecule has 0 N–H and O–H groups in total. The molecule has 26 heavy (non-hydrogen) atoms. The van der Waals surface area contributed by atoms with Crippen molar-refractivity contribution in [3.05, 3.63) is 103 Å². The summed E-state index contributed by atoms with van der Waals surface area (Å²) in [5.41, 5.74) is 0.830. The van der Waals surface area contributed by atoms with Crippen molar-refractivity contribution in [2.45, 2.75) is 6.16 Å². The van der Waals surface area contributed by atoms with Crippen LogP contribution in [0.1, 0.15) is 5.69 Å². The van der Waals surface area contributed by atoms with Crippen molar-refractivity contribution in [1.29, 1.82) is 0 Å². The van der Waals surface area contributed by atoms with Gasteiger partial charge in [0, 0.05) is 0 Å². The Bertz CT molecular complexity index is 877. The topological polar surface area (TPSA) is 38.9 Å². The van der Waals surface area contributed by atoms with Gasteiger partial charge in [0.25, 0.3) is 0 Å². The van der Waals surface area contributed by atoms with Crippen LogP contribution < -0.4 is 15.9 Å². The number of aromatic nitrogens is 2. The molecule has 3 nitrogen and oxygen atoms in total. The molecule has 0 radical (unpaired) electrons. The van der Waals surface area contributed by atoms with E-state index in [0.29, 0.717) is 6.16 Å². The zero-order chi connectivity index (χ0) is 17.9. The van der Waals surface area contributed by atoms with E-state index in [1.807, 2.05) is 18.2 Å². The van der Waals surface area contributed by atoms with E-state index in [4.69, 9.17) is 4.63 Å². The van der Waals surface area contributed by atoms with Crippen LogP contribution >= 0.6 is 20.8 Å². The molecule has 0 amide bonds. The Morgan fingerprint density at radius 1 is 0.692 bits per heavy atom. The van der Waals surface area contributed by atoms with Crippen molar-refractivity contribution in [2.75, 3.05) is 0 Å². The van der Waals surface area contributed by atoms with Crippen molar-refractivity contribution >= 4 is 36.7 Å². The van der Waals surface area contributed by atoms with Gasteiger partial charge in [-0.3, -0.25) is 0 Å². The number of nitrogens with zero attached hydrogens (tertiary/aromatic N) is 2. The van der Waals surface area contributed by atoms with Crippen LogP contribution in [0.25, 0.3) is 0 Å². The van der Waals surface area contributed by atoms with Gasteiger partial charge in [0.1, 0.15) is 0 Å². The molecule has 0 saturated carbocycles. The third-order valence-electron chi connectivity index (χ3n) is 4.75. The summed E-state index contributed by atoms with van der Waals surface area (Å²) in [6.07, 6.45) is 2.39. The minimum atomic E-state index is -2.99. The molecule has 0 unspecified atom stereocenters. The summed E-state index contributed by atoms with van der Waals surface area (Å²) < 4.78 is 4.91. The fourth-order valence-corrected chi connectivity index (χ4v) is 11.0. The van der Waals surface area contributed by atoms with Crippen LogP contribution in [-0.4, -0.2) is 10.3 Å². The summed E-state index contributed by atoms with van der Waals surface area (Å²) >= 11 is 4.36. The Hall–Kier alpha value is -2.29. The summed E-state index contributed by atoms with van der Waals surface area (Å²) in [5.74, 6) is 0. The van der Waals surface area contributed by atoms with Crippen LogP contribution in [0, 0.1) is 0 Å². The van der Waals surface area contributed by atoms with Crippen LogP contribution in [0.2, 0.25) is 0 Å². The normalized spacial score (nSPS) is 13.0. The Balaban J connectivity index is 2.10. The molecule has 0 aliphatic heterocycles. The van der Waals surface area contributed by atoms with Crippen LogP contribution in [0.3, 0.4) is 0 Å². The molecule has 130 valence electrons. The van der Waals surface area contributed by atoms with Gasteiger partial charge >= 0.3 is 161 Å². The van der Waals surface area contributed by atoms with Crippen LogP contribution in [-0.2, 0) is 6.16 Å². The molecule has 4 rings (SSSR count). The molecule has 1 aromatic heterocycles. The Labute approximate surface area is 160 Å². The summed E-state index contributed by atoms with van der Waals surface area (Å²) in [5, 5.41) is 8.73. The van der Waals surface area contributed by atoms with Crippen molar-refractivity contribution in [3.8, 4) is 0 Å². The fourth-order valence-electron chi connectivity index (χ4n) is 3.50. The van der Waals surface area contributed by atoms with Gasteiger partial charge in [0.2, 0.25) is 0 Å². The molecule has 4 aromatic rings. The van der Waals surface area contributed by atoms with E-state index in [2.05, 4.69) is 98.6 Å². The monoisotopic (exact) mass is 424 g/mol. The molecule has 1 heterocycles. The van der Waals surface area contributed by atoms with Gasteiger partial charge in [-0.1, -0.05) is 0 Å². The SMILES string of the molecule is BrP(Cc1cnon1)(c1ccccc1)(c1ccccc1)c1ccccc1. The van der Waals surface area contributed by atoms with E-state index >= 15 is 0 Å². The van der Waals surface area contributed by atoms with Gasteiger partial charge in [-0.2, -0.15) is 0 Å². The summed E-state index contributed by atoms with van der Waals surface area (Å²) in [6.45, 7) is 0. The predicted octanol–water partition coefficient (Wildman–Crippen LogP) is 4.41. The van der Waals surface area contributed by atoms with Gasteiger partial charge in [-0.15, -0.1) is 0 Å². The second-order valence-corrected chi connectivity index (χ2v) is 15.2. The second kappa shape index (κ2) is 6.79. The van der Waals surface area contributed by atoms with Crippen LogP contribution in [0.4, 0.5) is 0 Å².